The molecular formula is C16H24N2O3S. The molecular weight excluding hydrogens is 300 g/mol. The summed E-state index contributed by atoms with van der Waals surface area (Å²) in [4.78, 5) is 29.9. The van der Waals surface area contributed by atoms with E-state index in [1.165, 1.54) is 18.4 Å². The van der Waals surface area contributed by atoms with Crippen LogP contribution in [0.2, 0.25) is 0 Å². The Labute approximate surface area is 135 Å². The molecule has 6 heteroatoms. The fraction of sp³-hybridized carbons (Fsp3) is 0.688. The molecule has 22 heavy (non-hydrogen) atoms. The molecule has 0 atom stereocenters. The highest BCUT2D eigenvalue weighted by Crippen LogP contribution is 2.31. The number of hydrogen-bond donors (Lipinski definition) is 1. The van der Waals surface area contributed by atoms with E-state index in [0.29, 0.717) is 17.7 Å². The number of carbonyl (C=O) groups is 2. The Morgan fingerprint density at radius 3 is 2.41 bits per heavy atom. The van der Waals surface area contributed by atoms with Gasteiger partial charge in [0.1, 0.15) is 10.4 Å². The van der Waals surface area contributed by atoms with Crippen molar-refractivity contribution in [3.05, 3.63) is 15.6 Å². The molecule has 1 aromatic rings. The Hall–Kier alpha value is -1.43. The summed E-state index contributed by atoms with van der Waals surface area (Å²) in [5.41, 5.74) is -0.152. The first kappa shape index (κ1) is 16.9. The Bertz CT molecular complexity index is 560. The Morgan fingerprint density at radius 1 is 1.27 bits per heavy atom. The number of methoxy groups -OCH3 is 1. The smallest absolute Gasteiger partial charge is 0.331 e. The number of thiazole rings is 1. The van der Waals surface area contributed by atoms with Gasteiger partial charge >= 0.3 is 5.97 Å². The summed E-state index contributed by atoms with van der Waals surface area (Å²) in [5.74, 6) is -0.268. The molecule has 0 saturated heterocycles. The minimum absolute atomic E-state index is 0.214. The van der Waals surface area contributed by atoms with Gasteiger partial charge in [-0.2, -0.15) is 0 Å². The molecule has 0 radical (unpaired) electrons. The number of nitrogens with zero attached hydrogens (tertiary/aromatic N) is 1. The van der Waals surface area contributed by atoms with E-state index in [-0.39, 0.29) is 17.8 Å². The van der Waals surface area contributed by atoms with Crippen molar-refractivity contribution < 1.29 is 14.3 Å². The van der Waals surface area contributed by atoms with Gasteiger partial charge in [-0.05, 0) is 19.8 Å². The first-order valence-corrected chi connectivity index (χ1v) is 8.59. The first-order chi connectivity index (χ1) is 10.4. The molecule has 0 aromatic carbocycles. The van der Waals surface area contributed by atoms with Gasteiger partial charge in [0.15, 0.2) is 0 Å². The lowest BCUT2D eigenvalue weighted by molar-refractivity contribution is -0.149. The fourth-order valence-corrected chi connectivity index (χ4v) is 3.84. The molecule has 5 nitrogen and oxygen atoms in total. The first-order valence-electron chi connectivity index (χ1n) is 7.78. The van der Waals surface area contributed by atoms with Crippen molar-refractivity contribution in [1.82, 2.24) is 10.3 Å². The van der Waals surface area contributed by atoms with Gasteiger partial charge in [-0.1, -0.05) is 33.1 Å². The van der Waals surface area contributed by atoms with Crippen LogP contribution in [0, 0.1) is 6.92 Å². The maximum absolute atomic E-state index is 12.6. The lowest BCUT2D eigenvalue weighted by Gasteiger charge is -2.35. The van der Waals surface area contributed by atoms with Gasteiger partial charge in [0, 0.05) is 5.92 Å². The zero-order valence-corrected chi connectivity index (χ0v) is 14.5. The van der Waals surface area contributed by atoms with E-state index in [0.717, 1.165) is 30.0 Å². The van der Waals surface area contributed by atoms with Gasteiger partial charge in [-0.3, -0.25) is 4.79 Å². The van der Waals surface area contributed by atoms with E-state index < -0.39 is 5.54 Å². The third-order valence-corrected chi connectivity index (χ3v) is 5.61. The van der Waals surface area contributed by atoms with Crippen LogP contribution in [0.1, 0.15) is 72.2 Å². The monoisotopic (exact) mass is 324 g/mol. The Morgan fingerprint density at radius 2 is 1.91 bits per heavy atom. The topological polar surface area (TPSA) is 68.3 Å². The zero-order chi connectivity index (χ0) is 16.3. The van der Waals surface area contributed by atoms with Crippen LogP contribution < -0.4 is 5.32 Å². The molecule has 0 bridgehead atoms. The molecule has 1 aliphatic rings. The van der Waals surface area contributed by atoms with Gasteiger partial charge in [0.2, 0.25) is 0 Å². The molecule has 122 valence electrons. The summed E-state index contributed by atoms with van der Waals surface area (Å²) in [6.07, 6.45) is 4.22. The van der Waals surface area contributed by atoms with Crippen LogP contribution >= 0.6 is 11.3 Å². The third kappa shape index (κ3) is 3.32. The molecule has 0 unspecified atom stereocenters. The summed E-state index contributed by atoms with van der Waals surface area (Å²) in [5, 5.41) is 3.89. The predicted octanol–water partition coefficient (Wildman–Crippen LogP) is 3.18. The van der Waals surface area contributed by atoms with Crippen LogP contribution in [0.5, 0.6) is 0 Å². The second-order valence-electron chi connectivity index (χ2n) is 6.21. The third-order valence-electron chi connectivity index (χ3n) is 4.15. The van der Waals surface area contributed by atoms with Crippen molar-refractivity contribution >= 4 is 23.2 Å². The van der Waals surface area contributed by atoms with Crippen molar-refractivity contribution in [1.29, 1.82) is 0 Å². The van der Waals surface area contributed by atoms with Gasteiger partial charge in [-0.25, -0.2) is 9.78 Å². The molecule has 0 spiro atoms. The number of rotatable bonds is 4. The average molecular weight is 324 g/mol. The van der Waals surface area contributed by atoms with Crippen LogP contribution in [0.25, 0.3) is 0 Å². The summed E-state index contributed by atoms with van der Waals surface area (Å²) in [6.45, 7) is 5.94. The second-order valence-corrected chi connectivity index (χ2v) is 7.24. The van der Waals surface area contributed by atoms with E-state index >= 15 is 0 Å². The minimum atomic E-state index is -0.876. The number of aromatic nitrogens is 1. The van der Waals surface area contributed by atoms with Crippen molar-refractivity contribution in [3.63, 3.8) is 0 Å². The maximum atomic E-state index is 12.6. The average Bonchev–Trinajstić information content (AvgIpc) is 2.89. The highest BCUT2D eigenvalue weighted by atomic mass is 32.1. The van der Waals surface area contributed by atoms with Crippen molar-refractivity contribution in [2.75, 3.05) is 7.11 Å². The summed E-state index contributed by atoms with van der Waals surface area (Å²) in [7, 11) is 1.37. The molecule has 1 fully saturated rings. The SMILES string of the molecule is COC(=O)C1(NC(=O)c2sc(C(C)C)nc2C)CCCCC1. The lowest BCUT2D eigenvalue weighted by atomic mass is 9.81. The van der Waals surface area contributed by atoms with Crippen molar-refractivity contribution in [2.45, 2.75) is 64.3 Å². The maximum Gasteiger partial charge on any atom is 0.331 e. The molecule has 1 aliphatic carbocycles. The van der Waals surface area contributed by atoms with Crippen LogP contribution in [-0.4, -0.2) is 29.5 Å². The van der Waals surface area contributed by atoms with Crippen LogP contribution in [-0.2, 0) is 9.53 Å². The quantitative estimate of drug-likeness (QED) is 0.864. The van der Waals surface area contributed by atoms with Gasteiger partial charge in [0.05, 0.1) is 17.8 Å². The Kier molecular flexibility index (Phi) is 5.21. The summed E-state index contributed by atoms with van der Waals surface area (Å²) >= 11 is 1.41. The number of aryl methyl sites for hydroxylation is 1. The second kappa shape index (κ2) is 6.77. The highest BCUT2D eigenvalue weighted by molar-refractivity contribution is 7.13. The van der Waals surface area contributed by atoms with Gasteiger partial charge in [0.25, 0.3) is 5.91 Å². The molecule has 0 aliphatic heterocycles. The standard InChI is InChI=1S/C16H24N2O3S/c1-10(2)14-17-11(3)12(22-14)13(19)18-16(15(20)21-4)8-6-5-7-9-16/h10H,5-9H2,1-4H3,(H,18,19). The number of nitrogens with one attached hydrogen (secondary N) is 1. The van der Waals surface area contributed by atoms with E-state index in [4.69, 9.17) is 4.74 Å². The van der Waals surface area contributed by atoms with E-state index in [1.54, 1.807) is 0 Å². The zero-order valence-electron chi connectivity index (χ0n) is 13.7. The summed E-state index contributed by atoms with van der Waals surface area (Å²) < 4.78 is 4.94. The molecule has 2 rings (SSSR count). The largest absolute Gasteiger partial charge is 0.467 e. The lowest BCUT2D eigenvalue weighted by Crippen LogP contribution is -2.56. The van der Waals surface area contributed by atoms with Crippen molar-refractivity contribution in [2.24, 2.45) is 0 Å². The molecule has 1 aromatic heterocycles. The van der Waals surface area contributed by atoms with E-state index in [2.05, 4.69) is 24.1 Å². The molecule has 1 heterocycles. The normalized spacial score (nSPS) is 17.3. The van der Waals surface area contributed by atoms with Gasteiger partial charge < -0.3 is 10.1 Å². The molecule has 1 saturated carbocycles. The van der Waals surface area contributed by atoms with Crippen LogP contribution in [0.15, 0.2) is 0 Å². The van der Waals surface area contributed by atoms with E-state index in [1.807, 2.05) is 6.92 Å². The van der Waals surface area contributed by atoms with E-state index in [9.17, 15) is 9.59 Å². The van der Waals surface area contributed by atoms with Crippen molar-refractivity contribution in [3.8, 4) is 0 Å². The predicted molar refractivity (Wildman–Crippen MR) is 86.2 cm³/mol. The minimum Gasteiger partial charge on any atom is -0.467 e. The molecule has 1 amide bonds. The van der Waals surface area contributed by atoms with Crippen LogP contribution in [0.4, 0.5) is 0 Å². The number of ether oxygens (including phenoxy) is 1. The number of esters is 1. The Balaban J connectivity index is 2.23. The number of hydrogen-bond acceptors (Lipinski definition) is 5. The van der Waals surface area contributed by atoms with Crippen LogP contribution in [0.3, 0.4) is 0 Å². The summed E-state index contributed by atoms with van der Waals surface area (Å²) in [6, 6.07) is 0. The number of amides is 1. The number of carbonyl (C=O) groups excluding carboxylic acids is 2. The van der Waals surface area contributed by atoms with Gasteiger partial charge in [-0.15, -0.1) is 11.3 Å². The fourth-order valence-electron chi connectivity index (χ4n) is 2.88. The highest BCUT2D eigenvalue weighted by Gasteiger charge is 2.42. The molecule has 1 N–H and O–H groups in total.